The number of allylic oxidation sites excluding steroid dienone is 1. The van der Waals surface area contributed by atoms with Crippen molar-refractivity contribution in [2.24, 2.45) is 5.41 Å². The van der Waals surface area contributed by atoms with Crippen molar-refractivity contribution in [3.05, 3.63) is 53.6 Å². The number of nitrogens with zero attached hydrogens (tertiary/aromatic N) is 3. The van der Waals surface area contributed by atoms with E-state index in [-0.39, 0.29) is 43.9 Å². The molecule has 9 nitrogen and oxygen atoms in total. The molecule has 0 radical (unpaired) electrons. The highest BCUT2D eigenvalue weighted by Crippen LogP contribution is 2.52. The molecule has 0 bridgehead atoms. The van der Waals surface area contributed by atoms with E-state index in [1.54, 1.807) is 18.5 Å². The summed E-state index contributed by atoms with van der Waals surface area (Å²) in [6, 6.07) is 3.60. The lowest BCUT2D eigenvalue weighted by molar-refractivity contribution is -0.226. The van der Waals surface area contributed by atoms with E-state index in [4.69, 9.17) is 4.74 Å². The summed E-state index contributed by atoms with van der Waals surface area (Å²) in [5, 5.41) is 9.85. The zero-order chi connectivity index (χ0) is 30.7. The third-order valence-corrected chi connectivity index (χ3v) is 9.36. The van der Waals surface area contributed by atoms with Gasteiger partial charge in [0.25, 0.3) is 5.91 Å². The highest BCUT2D eigenvalue weighted by molar-refractivity contribution is 5.94. The number of hydrogen-bond acceptors (Lipinski definition) is 7. The van der Waals surface area contributed by atoms with Gasteiger partial charge in [0.05, 0.1) is 5.70 Å². The Balaban J connectivity index is 1.44. The van der Waals surface area contributed by atoms with Gasteiger partial charge in [0.2, 0.25) is 5.91 Å². The quantitative estimate of drug-likeness (QED) is 0.397. The van der Waals surface area contributed by atoms with Crippen LogP contribution >= 0.6 is 0 Å². The van der Waals surface area contributed by atoms with Crippen molar-refractivity contribution in [1.82, 2.24) is 30.7 Å². The largest absolute Gasteiger partial charge is 0.403 e. The van der Waals surface area contributed by atoms with E-state index in [1.165, 1.54) is 4.90 Å². The first-order valence-electron chi connectivity index (χ1n) is 15.5. The number of rotatable bonds is 9. The van der Waals surface area contributed by atoms with Crippen LogP contribution in [0.5, 0.6) is 0 Å². The van der Waals surface area contributed by atoms with Crippen LogP contribution in [0.2, 0.25) is 0 Å². The van der Waals surface area contributed by atoms with Gasteiger partial charge in [-0.1, -0.05) is 25.8 Å². The number of alkyl halides is 3. The molecule has 3 atom stereocenters. The second kappa shape index (κ2) is 12.9. The molecule has 2 saturated heterocycles. The van der Waals surface area contributed by atoms with Gasteiger partial charge < -0.3 is 30.5 Å². The minimum absolute atomic E-state index is 0.143. The van der Waals surface area contributed by atoms with E-state index in [1.807, 2.05) is 37.0 Å². The van der Waals surface area contributed by atoms with Crippen LogP contribution in [0.4, 0.5) is 13.2 Å². The number of ether oxygens (including phenoxy) is 1. The third-order valence-electron chi connectivity index (χ3n) is 9.36. The maximum Gasteiger partial charge on any atom is 0.403 e. The maximum absolute atomic E-state index is 14.2. The zero-order valence-corrected chi connectivity index (χ0v) is 25.0. The van der Waals surface area contributed by atoms with Crippen molar-refractivity contribution < 1.29 is 27.5 Å². The number of amides is 2. The first-order chi connectivity index (χ1) is 20.6. The molecular weight excluding hydrogens is 561 g/mol. The van der Waals surface area contributed by atoms with Crippen LogP contribution in [-0.2, 0) is 20.1 Å². The smallest absolute Gasteiger partial charge is 0.363 e. The second-order valence-corrected chi connectivity index (χ2v) is 11.9. The van der Waals surface area contributed by atoms with Crippen molar-refractivity contribution >= 4 is 11.8 Å². The van der Waals surface area contributed by atoms with Gasteiger partial charge in [0.15, 0.2) is 5.72 Å². The second-order valence-electron chi connectivity index (χ2n) is 11.9. The highest BCUT2D eigenvalue weighted by atomic mass is 19.4. The Labute approximate surface area is 251 Å². The maximum atomic E-state index is 14.2. The summed E-state index contributed by atoms with van der Waals surface area (Å²) in [4.78, 5) is 35.0. The molecule has 43 heavy (non-hydrogen) atoms. The monoisotopic (exact) mass is 604 g/mol. The summed E-state index contributed by atoms with van der Waals surface area (Å²) in [5.74, 6) is -1.10. The van der Waals surface area contributed by atoms with E-state index in [2.05, 4.69) is 20.9 Å². The summed E-state index contributed by atoms with van der Waals surface area (Å²) in [5.41, 5.74) is -1.75. The topological polar surface area (TPSA) is 98.8 Å². The van der Waals surface area contributed by atoms with E-state index in [0.29, 0.717) is 50.4 Å². The molecule has 1 aliphatic carbocycles. The standard InChI is InChI=1S/C31H43F3N6O3/c1-3-24-21-39(28(42)29(31(32,33)34)12-5-6-13-29)17-18-40(24)25-11-14-30(43-4-2,22-9-7-15-35-19-22)38-26(25)27(41)37-20-23-10-8-16-36-23/h7,9,11,14-15,19,23-24,36,38H,3-6,8,10,12-13,16-18,20-21H2,1-2H3,(H,37,41)/t23-,24-,30?/m1/s1. The number of carbonyl (C=O) groups excluding carboxylic acids is 2. The summed E-state index contributed by atoms with van der Waals surface area (Å²) in [6.45, 7) is 6.17. The first-order valence-corrected chi connectivity index (χ1v) is 15.5. The van der Waals surface area contributed by atoms with Crippen LogP contribution in [0, 0.1) is 5.41 Å². The molecule has 0 spiro atoms. The minimum Gasteiger partial charge on any atom is -0.363 e. The van der Waals surface area contributed by atoms with Gasteiger partial charge in [0, 0.05) is 62.8 Å². The number of piperazine rings is 1. The SMILES string of the molecule is CCOC1(c2cccnc2)C=CC(N2CCN(C(=O)C3(C(F)(F)F)CCCC3)C[C@H]2CC)=C(C(=O)NC[C@H]2CCCN2)N1. The Morgan fingerprint density at radius 1 is 1.19 bits per heavy atom. The van der Waals surface area contributed by atoms with Gasteiger partial charge in [-0.3, -0.25) is 14.6 Å². The van der Waals surface area contributed by atoms with E-state index in [0.717, 1.165) is 24.9 Å². The van der Waals surface area contributed by atoms with Crippen molar-refractivity contribution in [2.45, 2.75) is 82.8 Å². The lowest BCUT2D eigenvalue weighted by Crippen LogP contribution is -2.60. The van der Waals surface area contributed by atoms with E-state index >= 15 is 0 Å². The molecule has 1 aromatic heterocycles. The molecular formula is C31H43F3N6O3. The average Bonchev–Trinajstić information content (AvgIpc) is 3.73. The predicted octanol–water partition coefficient (Wildman–Crippen LogP) is 3.56. The molecule has 3 fully saturated rings. The molecule has 4 aliphatic rings. The molecule has 1 saturated carbocycles. The summed E-state index contributed by atoms with van der Waals surface area (Å²) < 4.78 is 48.9. The third kappa shape index (κ3) is 6.13. The number of carbonyl (C=O) groups is 2. The Hall–Kier alpha value is -3.12. The highest BCUT2D eigenvalue weighted by Gasteiger charge is 2.62. The van der Waals surface area contributed by atoms with Gasteiger partial charge >= 0.3 is 6.18 Å². The summed E-state index contributed by atoms with van der Waals surface area (Å²) in [7, 11) is 0. The van der Waals surface area contributed by atoms with Crippen LogP contribution < -0.4 is 16.0 Å². The minimum atomic E-state index is -4.58. The van der Waals surface area contributed by atoms with Crippen molar-refractivity contribution in [3.8, 4) is 0 Å². The molecule has 4 heterocycles. The normalized spacial score (nSPS) is 27.4. The lowest BCUT2D eigenvalue weighted by atomic mass is 9.83. The Bertz CT molecular complexity index is 1210. The molecule has 5 rings (SSSR count). The van der Waals surface area contributed by atoms with E-state index in [9.17, 15) is 22.8 Å². The fourth-order valence-corrected chi connectivity index (χ4v) is 6.97. The van der Waals surface area contributed by atoms with Crippen molar-refractivity contribution in [1.29, 1.82) is 0 Å². The van der Waals surface area contributed by atoms with Crippen LogP contribution in [0.25, 0.3) is 0 Å². The summed E-state index contributed by atoms with van der Waals surface area (Å²) in [6.07, 6.45) is 5.61. The van der Waals surface area contributed by atoms with Gasteiger partial charge in [-0.05, 0) is 63.8 Å². The van der Waals surface area contributed by atoms with Gasteiger partial charge in [-0.2, -0.15) is 13.2 Å². The lowest BCUT2D eigenvalue weighted by Gasteiger charge is -2.47. The van der Waals surface area contributed by atoms with Crippen LogP contribution in [0.15, 0.2) is 48.1 Å². The molecule has 2 amide bonds. The molecule has 3 aliphatic heterocycles. The average molecular weight is 605 g/mol. The Morgan fingerprint density at radius 3 is 2.60 bits per heavy atom. The van der Waals surface area contributed by atoms with Gasteiger partial charge in [-0.25, -0.2) is 0 Å². The number of nitrogens with one attached hydrogen (secondary N) is 3. The first kappa shape index (κ1) is 31.3. The molecule has 0 aromatic carbocycles. The van der Waals surface area contributed by atoms with Crippen molar-refractivity contribution in [2.75, 3.05) is 39.3 Å². The molecule has 12 heteroatoms. The van der Waals surface area contributed by atoms with Crippen LogP contribution in [-0.4, -0.2) is 84.2 Å². The fraction of sp³-hybridized carbons (Fsp3) is 0.645. The van der Waals surface area contributed by atoms with Gasteiger partial charge in [0.1, 0.15) is 11.1 Å². The summed E-state index contributed by atoms with van der Waals surface area (Å²) >= 11 is 0. The molecule has 3 N–H and O–H groups in total. The van der Waals surface area contributed by atoms with Gasteiger partial charge in [-0.15, -0.1) is 0 Å². The van der Waals surface area contributed by atoms with Crippen LogP contribution in [0.1, 0.15) is 64.4 Å². The van der Waals surface area contributed by atoms with E-state index < -0.39 is 23.2 Å². The fourth-order valence-electron chi connectivity index (χ4n) is 6.97. The molecule has 1 unspecified atom stereocenters. The number of pyridine rings is 1. The number of dihydropyridines is 1. The number of halogens is 3. The molecule has 1 aromatic rings. The number of aromatic nitrogens is 1. The Kier molecular flexibility index (Phi) is 9.36. The predicted molar refractivity (Wildman–Crippen MR) is 155 cm³/mol. The van der Waals surface area contributed by atoms with Crippen molar-refractivity contribution in [3.63, 3.8) is 0 Å². The Morgan fingerprint density at radius 2 is 1.98 bits per heavy atom. The zero-order valence-electron chi connectivity index (χ0n) is 25.0. The number of hydrogen-bond donors (Lipinski definition) is 3. The van der Waals surface area contributed by atoms with Crippen LogP contribution in [0.3, 0.4) is 0 Å². The molecule has 236 valence electrons.